The Bertz CT molecular complexity index is 401. The van der Waals surface area contributed by atoms with E-state index in [1.165, 1.54) is 37.9 Å². The summed E-state index contributed by atoms with van der Waals surface area (Å²) in [4.78, 5) is 6.73. The fourth-order valence-electron chi connectivity index (χ4n) is 3.13. The summed E-state index contributed by atoms with van der Waals surface area (Å²) < 4.78 is 13.0. The van der Waals surface area contributed by atoms with Gasteiger partial charge in [0.2, 0.25) is 0 Å². The van der Waals surface area contributed by atoms with Gasteiger partial charge < -0.3 is 10.2 Å². The normalized spacial score (nSPS) is 17.5. The van der Waals surface area contributed by atoms with Gasteiger partial charge in [-0.2, -0.15) is 0 Å². The van der Waals surface area contributed by atoms with E-state index in [9.17, 15) is 4.39 Å². The van der Waals surface area contributed by atoms with E-state index in [1.807, 2.05) is 0 Å². The second-order valence-electron chi connectivity index (χ2n) is 6.12. The molecule has 1 atom stereocenters. The van der Waals surface area contributed by atoms with Crippen molar-refractivity contribution in [1.29, 1.82) is 0 Å². The highest BCUT2D eigenvalue weighted by molar-refractivity contribution is 5.10. The Kier molecular flexibility index (Phi) is 6.58. The second kappa shape index (κ2) is 8.44. The van der Waals surface area contributed by atoms with Crippen molar-refractivity contribution in [2.75, 3.05) is 20.1 Å². The second-order valence-corrected chi connectivity index (χ2v) is 6.12. The Labute approximate surface area is 127 Å². The van der Waals surface area contributed by atoms with Crippen LogP contribution in [0.15, 0.2) is 18.3 Å². The molecule has 1 saturated carbocycles. The molecule has 1 aromatic heterocycles. The highest BCUT2D eigenvalue weighted by Gasteiger charge is 2.21. The fourth-order valence-corrected chi connectivity index (χ4v) is 3.13. The number of halogens is 1. The number of nitrogens with one attached hydrogen (secondary N) is 1. The van der Waals surface area contributed by atoms with Crippen LogP contribution in [0.4, 0.5) is 4.39 Å². The van der Waals surface area contributed by atoms with E-state index >= 15 is 0 Å². The Morgan fingerprint density at radius 1 is 1.38 bits per heavy atom. The average Bonchev–Trinajstić information content (AvgIpc) is 3.03. The molecule has 1 heterocycles. The van der Waals surface area contributed by atoms with Gasteiger partial charge in [0, 0.05) is 6.04 Å². The van der Waals surface area contributed by atoms with Gasteiger partial charge in [-0.15, -0.1) is 0 Å². The van der Waals surface area contributed by atoms with Crippen molar-refractivity contribution in [3.8, 4) is 0 Å². The van der Waals surface area contributed by atoms with E-state index < -0.39 is 0 Å². The first kappa shape index (κ1) is 16.4. The minimum atomic E-state index is -0.268. The first-order chi connectivity index (χ1) is 10.2. The van der Waals surface area contributed by atoms with Crippen LogP contribution in [0.2, 0.25) is 0 Å². The van der Waals surface area contributed by atoms with Crippen molar-refractivity contribution >= 4 is 0 Å². The standard InChI is InChI=1S/C17H28FN3/c1-3-11-19-17(16-9-8-14(18)13-20-16)10-12-21(2)15-6-4-5-7-15/h8-9,13,15,17,19H,3-7,10-12H2,1-2H3. The van der Waals surface area contributed by atoms with Gasteiger partial charge in [-0.1, -0.05) is 19.8 Å². The highest BCUT2D eigenvalue weighted by Crippen LogP contribution is 2.23. The van der Waals surface area contributed by atoms with Gasteiger partial charge in [-0.3, -0.25) is 4.98 Å². The van der Waals surface area contributed by atoms with Crippen LogP contribution in [0.25, 0.3) is 0 Å². The molecular formula is C17H28FN3. The summed E-state index contributed by atoms with van der Waals surface area (Å²) in [6.07, 6.45) is 8.83. The molecule has 0 saturated heterocycles. The van der Waals surface area contributed by atoms with Crippen LogP contribution in [0.5, 0.6) is 0 Å². The summed E-state index contributed by atoms with van der Waals surface area (Å²) in [6, 6.07) is 4.27. The number of hydrogen-bond acceptors (Lipinski definition) is 3. The monoisotopic (exact) mass is 293 g/mol. The van der Waals surface area contributed by atoms with Crippen LogP contribution in [0.3, 0.4) is 0 Å². The summed E-state index contributed by atoms with van der Waals surface area (Å²) >= 11 is 0. The minimum Gasteiger partial charge on any atom is -0.309 e. The van der Waals surface area contributed by atoms with Gasteiger partial charge in [0.15, 0.2) is 0 Å². The molecule has 2 rings (SSSR count). The SMILES string of the molecule is CCCNC(CCN(C)C1CCCC1)c1ccc(F)cn1. The zero-order valence-corrected chi connectivity index (χ0v) is 13.3. The van der Waals surface area contributed by atoms with Crippen LogP contribution in [0, 0.1) is 5.82 Å². The van der Waals surface area contributed by atoms with Crippen LogP contribution >= 0.6 is 0 Å². The van der Waals surface area contributed by atoms with Crippen molar-refractivity contribution in [3.05, 3.63) is 29.8 Å². The average molecular weight is 293 g/mol. The lowest BCUT2D eigenvalue weighted by Gasteiger charge is -2.26. The molecular weight excluding hydrogens is 265 g/mol. The maximum atomic E-state index is 13.0. The zero-order chi connectivity index (χ0) is 15.1. The van der Waals surface area contributed by atoms with E-state index in [0.717, 1.165) is 37.7 Å². The smallest absolute Gasteiger partial charge is 0.141 e. The molecule has 1 fully saturated rings. The molecule has 0 spiro atoms. The van der Waals surface area contributed by atoms with Crippen LogP contribution in [0.1, 0.15) is 57.2 Å². The molecule has 4 heteroatoms. The third kappa shape index (κ3) is 5.04. The van der Waals surface area contributed by atoms with E-state index in [-0.39, 0.29) is 11.9 Å². The van der Waals surface area contributed by atoms with E-state index in [0.29, 0.717) is 0 Å². The zero-order valence-electron chi connectivity index (χ0n) is 13.3. The summed E-state index contributed by atoms with van der Waals surface area (Å²) in [5, 5.41) is 3.54. The molecule has 1 N–H and O–H groups in total. The summed E-state index contributed by atoms with van der Waals surface area (Å²) in [5.41, 5.74) is 0.949. The molecule has 0 amide bonds. The maximum absolute atomic E-state index is 13.0. The molecule has 0 aromatic carbocycles. The molecule has 0 aliphatic heterocycles. The topological polar surface area (TPSA) is 28.2 Å². The largest absolute Gasteiger partial charge is 0.309 e. The van der Waals surface area contributed by atoms with Crippen molar-refractivity contribution in [2.24, 2.45) is 0 Å². The van der Waals surface area contributed by atoms with Gasteiger partial charge in [0.05, 0.1) is 17.9 Å². The van der Waals surface area contributed by atoms with Crippen LogP contribution in [-0.2, 0) is 0 Å². The summed E-state index contributed by atoms with van der Waals surface area (Å²) in [5.74, 6) is -0.268. The third-order valence-electron chi connectivity index (χ3n) is 4.47. The lowest BCUT2D eigenvalue weighted by molar-refractivity contribution is 0.231. The molecule has 0 bridgehead atoms. The highest BCUT2D eigenvalue weighted by atomic mass is 19.1. The summed E-state index contributed by atoms with van der Waals surface area (Å²) in [6.45, 7) is 4.19. The molecule has 0 radical (unpaired) electrons. The first-order valence-electron chi connectivity index (χ1n) is 8.25. The predicted molar refractivity (Wildman–Crippen MR) is 84.7 cm³/mol. The molecule has 1 unspecified atom stereocenters. The number of hydrogen-bond donors (Lipinski definition) is 1. The fraction of sp³-hybridized carbons (Fsp3) is 0.706. The van der Waals surface area contributed by atoms with Crippen molar-refractivity contribution < 1.29 is 4.39 Å². The Balaban J connectivity index is 1.90. The van der Waals surface area contributed by atoms with Crippen molar-refractivity contribution in [3.63, 3.8) is 0 Å². The molecule has 1 aliphatic carbocycles. The lowest BCUT2D eigenvalue weighted by Crippen LogP contribution is -2.33. The number of aromatic nitrogens is 1. The molecule has 21 heavy (non-hydrogen) atoms. The van der Waals surface area contributed by atoms with Gasteiger partial charge in [-0.05, 0) is 58.0 Å². The molecule has 1 aliphatic rings. The Morgan fingerprint density at radius 2 is 2.14 bits per heavy atom. The number of rotatable bonds is 8. The van der Waals surface area contributed by atoms with Crippen LogP contribution in [-0.4, -0.2) is 36.1 Å². The number of nitrogens with zero attached hydrogens (tertiary/aromatic N) is 2. The number of pyridine rings is 1. The maximum Gasteiger partial charge on any atom is 0.141 e. The van der Waals surface area contributed by atoms with Gasteiger partial charge >= 0.3 is 0 Å². The van der Waals surface area contributed by atoms with Crippen LogP contribution < -0.4 is 5.32 Å². The predicted octanol–water partition coefficient (Wildman–Crippen LogP) is 3.53. The van der Waals surface area contributed by atoms with E-state index in [2.05, 4.69) is 29.2 Å². The van der Waals surface area contributed by atoms with E-state index in [4.69, 9.17) is 0 Å². The molecule has 1 aromatic rings. The first-order valence-corrected chi connectivity index (χ1v) is 8.25. The minimum absolute atomic E-state index is 0.217. The van der Waals surface area contributed by atoms with Crippen molar-refractivity contribution in [2.45, 2.75) is 57.5 Å². The quantitative estimate of drug-likeness (QED) is 0.795. The van der Waals surface area contributed by atoms with Gasteiger partial charge in [0.1, 0.15) is 5.82 Å². The third-order valence-corrected chi connectivity index (χ3v) is 4.47. The molecule has 3 nitrogen and oxygen atoms in total. The van der Waals surface area contributed by atoms with Gasteiger partial charge in [0.25, 0.3) is 0 Å². The van der Waals surface area contributed by atoms with Crippen molar-refractivity contribution in [1.82, 2.24) is 15.2 Å². The summed E-state index contributed by atoms with van der Waals surface area (Å²) in [7, 11) is 2.23. The van der Waals surface area contributed by atoms with E-state index in [1.54, 1.807) is 6.07 Å². The Morgan fingerprint density at radius 3 is 2.76 bits per heavy atom. The molecule has 118 valence electrons. The lowest BCUT2D eigenvalue weighted by atomic mass is 10.1. The Hall–Kier alpha value is -1.00. The van der Waals surface area contributed by atoms with Gasteiger partial charge in [-0.25, -0.2) is 4.39 Å².